The van der Waals surface area contributed by atoms with E-state index in [4.69, 9.17) is 28.4 Å². The van der Waals surface area contributed by atoms with Gasteiger partial charge in [0.1, 0.15) is 19.8 Å². The molecule has 0 amide bonds. The van der Waals surface area contributed by atoms with Gasteiger partial charge in [-0.25, -0.2) is 4.79 Å². The minimum atomic E-state index is -0.783. The first-order valence-corrected chi connectivity index (χ1v) is 24.3. The Bertz CT molecular complexity index is 1000. The number of hydrogen-bond donors (Lipinski definition) is 0. The van der Waals surface area contributed by atoms with Crippen LogP contribution in [0.5, 0.6) is 0 Å². The Balaban J connectivity index is 4.82. The van der Waals surface area contributed by atoms with E-state index in [1.54, 1.807) is 0 Å². The number of allylic oxidation sites excluding steroid dienone is 4. The molecule has 0 aliphatic rings. The van der Waals surface area contributed by atoms with Crippen LogP contribution in [-0.4, -0.2) is 88.6 Å². The smallest absolute Gasteiger partial charge is 0.465 e. The van der Waals surface area contributed by atoms with Crippen LogP contribution in [0.1, 0.15) is 202 Å². The molecule has 0 radical (unpaired) electrons. The zero-order valence-corrected chi connectivity index (χ0v) is 38.8. The number of carbonyl (C=O) groups is 3. The first kappa shape index (κ1) is 56.6. The minimum Gasteiger partial charge on any atom is -0.465 e. The Morgan fingerprint density at radius 1 is 0.475 bits per heavy atom. The van der Waals surface area contributed by atoms with E-state index in [0.29, 0.717) is 32.5 Å². The highest BCUT2D eigenvalue weighted by molar-refractivity contribution is 5.69. The summed E-state index contributed by atoms with van der Waals surface area (Å²) in [4.78, 5) is 40.2. The molecule has 0 heterocycles. The first-order chi connectivity index (χ1) is 28.9. The third kappa shape index (κ3) is 40.7. The van der Waals surface area contributed by atoms with Crippen LogP contribution in [-0.2, 0) is 38.0 Å². The first-order valence-electron chi connectivity index (χ1n) is 24.3. The van der Waals surface area contributed by atoms with Crippen molar-refractivity contribution in [3.63, 3.8) is 0 Å². The van der Waals surface area contributed by atoms with Crippen molar-refractivity contribution in [3.05, 3.63) is 24.3 Å². The molecule has 0 N–H and O–H groups in total. The fourth-order valence-corrected chi connectivity index (χ4v) is 6.47. The fraction of sp³-hybridized carbons (Fsp3) is 0.857. The van der Waals surface area contributed by atoms with Gasteiger partial charge in [-0.05, 0) is 70.9 Å². The van der Waals surface area contributed by atoms with Crippen molar-refractivity contribution in [1.82, 2.24) is 4.90 Å². The third-order valence-electron chi connectivity index (χ3n) is 10.4. The van der Waals surface area contributed by atoms with Gasteiger partial charge in [0.05, 0.1) is 18.9 Å². The summed E-state index contributed by atoms with van der Waals surface area (Å²) < 4.78 is 34.0. The van der Waals surface area contributed by atoms with E-state index in [0.717, 1.165) is 90.3 Å². The Kier molecular flexibility index (Phi) is 43.2. The standard InChI is InChI=1S/C49H91NO9/c1-6-11-14-17-19-20-21-22-23-24-25-26-27-28-31-35-46(51)57-42-45(44-59-49(53)56-41-34-38-50(9-4)10-5)43-58-47(52)36-37-48(54-39-32-29-16-13-8-3)55-40-33-30-18-15-12-7-2/h19-20,22-23,45,48H,6-18,21,24-44H2,1-5H3/b20-19-,23-22-. The molecule has 10 nitrogen and oxygen atoms in total. The monoisotopic (exact) mass is 838 g/mol. The number of unbranched alkanes of at least 4 members (excludes halogenated alkanes) is 17. The number of ether oxygens (including phenoxy) is 6. The molecule has 0 rings (SSSR count). The second-order valence-corrected chi connectivity index (χ2v) is 15.9. The van der Waals surface area contributed by atoms with Crippen molar-refractivity contribution in [2.75, 3.05) is 59.3 Å². The topological polar surface area (TPSA) is 110 Å². The molecule has 0 fully saturated rings. The van der Waals surface area contributed by atoms with E-state index >= 15 is 0 Å². The van der Waals surface area contributed by atoms with Gasteiger partial charge < -0.3 is 33.3 Å². The van der Waals surface area contributed by atoms with Gasteiger partial charge in [0.15, 0.2) is 6.29 Å². The molecule has 0 aliphatic heterocycles. The fourth-order valence-electron chi connectivity index (χ4n) is 6.47. The Morgan fingerprint density at radius 2 is 0.949 bits per heavy atom. The van der Waals surface area contributed by atoms with Gasteiger partial charge in [-0.15, -0.1) is 0 Å². The normalized spacial score (nSPS) is 12.7. The Hall–Kier alpha value is -2.43. The summed E-state index contributed by atoms with van der Waals surface area (Å²) in [7, 11) is 0. The number of carbonyl (C=O) groups excluding carboxylic acids is 3. The van der Waals surface area contributed by atoms with Gasteiger partial charge in [-0.1, -0.05) is 149 Å². The largest absolute Gasteiger partial charge is 0.508 e. The van der Waals surface area contributed by atoms with E-state index in [9.17, 15) is 14.4 Å². The molecule has 0 bridgehead atoms. The molecule has 0 aromatic carbocycles. The van der Waals surface area contributed by atoms with Gasteiger partial charge in [0, 0.05) is 32.6 Å². The van der Waals surface area contributed by atoms with E-state index in [1.165, 1.54) is 70.6 Å². The highest BCUT2D eigenvalue weighted by Crippen LogP contribution is 2.14. The number of rotatable bonds is 44. The number of hydrogen-bond acceptors (Lipinski definition) is 10. The molecule has 0 spiro atoms. The Labute approximate surface area is 362 Å². The van der Waals surface area contributed by atoms with Gasteiger partial charge in [-0.3, -0.25) is 9.59 Å². The molecule has 0 saturated carbocycles. The van der Waals surface area contributed by atoms with E-state index in [-0.39, 0.29) is 38.8 Å². The van der Waals surface area contributed by atoms with Crippen molar-refractivity contribution >= 4 is 18.1 Å². The summed E-state index contributed by atoms with van der Waals surface area (Å²) >= 11 is 0. The van der Waals surface area contributed by atoms with Crippen LogP contribution < -0.4 is 0 Å². The summed E-state index contributed by atoms with van der Waals surface area (Å²) in [6.45, 7) is 14.9. The SMILES string of the molecule is CCCCC/C=C\C/C=C\CCCCCCCC(=O)OCC(COC(=O)CCC(OCCCCCCC)OCCCCCCCC)COC(=O)OCCCN(CC)CC. The lowest BCUT2D eigenvalue weighted by Crippen LogP contribution is -2.28. The van der Waals surface area contributed by atoms with Crippen molar-refractivity contribution in [2.24, 2.45) is 5.92 Å². The average Bonchev–Trinajstić information content (AvgIpc) is 3.24. The average molecular weight is 838 g/mol. The quantitative estimate of drug-likeness (QED) is 0.0193. The molecular weight excluding hydrogens is 747 g/mol. The van der Waals surface area contributed by atoms with Crippen LogP contribution in [0.15, 0.2) is 24.3 Å². The van der Waals surface area contributed by atoms with Crippen molar-refractivity contribution in [3.8, 4) is 0 Å². The Morgan fingerprint density at radius 3 is 1.53 bits per heavy atom. The highest BCUT2D eigenvalue weighted by Gasteiger charge is 2.20. The zero-order valence-electron chi connectivity index (χ0n) is 38.8. The molecule has 2 unspecified atom stereocenters. The maximum atomic E-state index is 12.9. The predicted molar refractivity (Wildman–Crippen MR) is 242 cm³/mol. The van der Waals surface area contributed by atoms with Crippen LogP contribution in [0.2, 0.25) is 0 Å². The molecule has 0 aliphatic carbocycles. The maximum absolute atomic E-state index is 12.9. The molecule has 0 aromatic heterocycles. The lowest BCUT2D eigenvalue weighted by Gasteiger charge is -2.20. The van der Waals surface area contributed by atoms with E-state index in [2.05, 4.69) is 63.8 Å². The lowest BCUT2D eigenvalue weighted by atomic mass is 10.1. The van der Waals surface area contributed by atoms with E-state index < -0.39 is 24.3 Å². The second-order valence-electron chi connectivity index (χ2n) is 15.9. The zero-order chi connectivity index (χ0) is 43.3. The van der Waals surface area contributed by atoms with Crippen molar-refractivity contribution < 1.29 is 42.8 Å². The van der Waals surface area contributed by atoms with Crippen LogP contribution in [0.25, 0.3) is 0 Å². The summed E-state index contributed by atoms with van der Waals surface area (Å²) in [5.74, 6) is -1.22. The third-order valence-corrected chi connectivity index (χ3v) is 10.4. The number of nitrogens with zero attached hydrogens (tertiary/aromatic N) is 1. The second kappa shape index (κ2) is 45.1. The van der Waals surface area contributed by atoms with Crippen LogP contribution in [0.4, 0.5) is 4.79 Å². The molecule has 346 valence electrons. The molecule has 0 saturated heterocycles. The van der Waals surface area contributed by atoms with E-state index in [1.807, 2.05) is 0 Å². The van der Waals surface area contributed by atoms with Crippen molar-refractivity contribution in [1.29, 1.82) is 0 Å². The summed E-state index contributed by atoms with van der Waals surface area (Å²) in [5.41, 5.74) is 0. The van der Waals surface area contributed by atoms with Gasteiger partial charge >= 0.3 is 18.1 Å². The molecule has 2 atom stereocenters. The van der Waals surface area contributed by atoms with Gasteiger partial charge in [0.25, 0.3) is 0 Å². The molecular formula is C49H91NO9. The molecule has 0 aromatic rings. The lowest BCUT2D eigenvalue weighted by molar-refractivity contribution is -0.161. The highest BCUT2D eigenvalue weighted by atomic mass is 16.7. The minimum absolute atomic E-state index is 0.0211. The number of esters is 2. The summed E-state index contributed by atoms with van der Waals surface area (Å²) in [6, 6.07) is 0. The van der Waals surface area contributed by atoms with Gasteiger partial charge in [0.2, 0.25) is 0 Å². The molecule has 10 heteroatoms. The van der Waals surface area contributed by atoms with Gasteiger partial charge in [-0.2, -0.15) is 0 Å². The van der Waals surface area contributed by atoms with Crippen molar-refractivity contribution in [2.45, 2.75) is 208 Å². The summed E-state index contributed by atoms with van der Waals surface area (Å²) in [5, 5.41) is 0. The summed E-state index contributed by atoms with van der Waals surface area (Å²) in [6.07, 6.45) is 34.3. The maximum Gasteiger partial charge on any atom is 0.508 e. The van der Waals surface area contributed by atoms with Crippen LogP contribution in [0.3, 0.4) is 0 Å². The van der Waals surface area contributed by atoms with Crippen LogP contribution >= 0.6 is 0 Å². The predicted octanol–water partition coefficient (Wildman–Crippen LogP) is 12.9. The molecule has 59 heavy (non-hydrogen) atoms. The van der Waals surface area contributed by atoms with Crippen LogP contribution in [0, 0.1) is 5.92 Å².